The monoisotopic (exact) mass is 263 g/mol. The normalized spacial score (nSPS) is 24.2. The van der Waals surface area contributed by atoms with Gasteiger partial charge in [-0.05, 0) is 53.2 Å². The summed E-state index contributed by atoms with van der Waals surface area (Å²) in [5.41, 5.74) is 0.786. The second-order valence-corrected chi connectivity index (χ2v) is 6.30. The van der Waals surface area contributed by atoms with E-state index in [9.17, 15) is 0 Å². The number of benzene rings is 1. The molecule has 0 aromatic heterocycles. The molecule has 3 heteroatoms. The van der Waals surface area contributed by atoms with Crippen molar-refractivity contribution in [3.8, 4) is 5.75 Å². The van der Waals surface area contributed by atoms with Crippen LogP contribution in [0.1, 0.15) is 41.0 Å². The Bertz CT molecular complexity index is 440. The van der Waals surface area contributed by atoms with Gasteiger partial charge in [-0.1, -0.05) is 12.1 Å². The van der Waals surface area contributed by atoms with Gasteiger partial charge in [-0.15, -0.1) is 0 Å². The quantitative estimate of drug-likeness (QED) is 0.895. The third-order valence-electron chi connectivity index (χ3n) is 3.59. The highest BCUT2D eigenvalue weighted by Gasteiger charge is 2.45. The summed E-state index contributed by atoms with van der Waals surface area (Å²) in [5.74, 6) is 0.908. The zero-order chi connectivity index (χ0) is 14.1. The minimum absolute atomic E-state index is 0.0816. The van der Waals surface area contributed by atoms with Gasteiger partial charge >= 0.3 is 0 Å². The lowest BCUT2D eigenvalue weighted by Crippen LogP contribution is -2.38. The SMILES string of the molecule is CCOc1ccccc1NC1CC(C)(C)OC1(C)C. The topological polar surface area (TPSA) is 30.5 Å². The first-order valence-corrected chi connectivity index (χ1v) is 7.02. The lowest BCUT2D eigenvalue weighted by atomic mass is 9.94. The second-order valence-electron chi connectivity index (χ2n) is 6.30. The Morgan fingerprint density at radius 2 is 1.95 bits per heavy atom. The fourth-order valence-electron chi connectivity index (χ4n) is 2.84. The summed E-state index contributed by atoms with van der Waals surface area (Å²) < 4.78 is 11.8. The highest BCUT2D eigenvalue weighted by molar-refractivity contribution is 5.57. The molecule has 1 N–H and O–H groups in total. The molecule has 0 amide bonds. The van der Waals surface area contributed by atoms with Crippen LogP contribution in [0.2, 0.25) is 0 Å². The van der Waals surface area contributed by atoms with Crippen LogP contribution < -0.4 is 10.1 Å². The predicted molar refractivity (Wildman–Crippen MR) is 78.9 cm³/mol. The number of hydrogen-bond acceptors (Lipinski definition) is 3. The average molecular weight is 263 g/mol. The van der Waals surface area contributed by atoms with Gasteiger partial charge in [0, 0.05) is 0 Å². The molecule has 1 atom stereocenters. The summed E-state index contributed by atoms with van der Waals surface area (Å²) in [6.45, 7) is 11.2. The van der Waals surface area contributed by atoms with Crippen LogP contribution in [0.5, 0.6) is 5.75 Å². The molecule has 3 nitrogen and oxygen atoms in total. The van der Waals surface area contributed by atoms with Crippen molar-refractivity contribution in [2.24, 2.45) is 0 Å². The molecular weight excluding hydrogens is 238 g/mol. The van der Waals surface area contributed by atoms with Crippen molar-refractivity contribution in [3.05, 3.63) is 24.3 Å². The van der Waals surface area contributed by atoms with E-state index in [0.717, 1.165) is 17.9 Å². The van der Waals surface area contributed by atoms with Gasteiger partial charge in [-0.25, -0.2) is 0 Å². The lowest BCUT2D eigenvalue weighted by molar-refractivity contribution is -0.0662. The summed E-state index contributed by atoms with van der Waals surface area (Å²) in [6.07, 6.45) is 0.987. The molecule has 19 heavy (non-hydrogen) atoms. The summed E-state index contributed by atoms with van der Waals surface area (Å²) in [5, 5.41) is 3.59. The van der Waals surface area contributed by atoms with Crippen LogP contribution in [0.25, 0.3) is 0 Å². The first-order valence-electron chi connectivity index (χ1n) is 7.02. The molecule has 1 fully saturated rings. The largest absolute Gasteiger partial charge is 0.492 e. The van der Waals surface area contributed by atoms with Crippen molar-refractivity contribution in [1.82, 2.24) is 0 Å². The fourth-order valence-corrected chi connectivity index (χ4v) is 2.84. The smallest absolute Gasteiger partial charge is 0.142 e. The van der Waals surface area contributed by atoms with Gasteiger partial charge in [0.2, 0.25) is 0 Å². The number of ether oxygens (including phenoxy) is 2. The molecule has 0 bridgehead atoms. The Labute approximate surface area is 116 Å². The third kappa shape index (κ3) is 3.21. The van der Waals surface area contributed by atoms with Crippen molar-refractivity contribution in [2.75, 3.05) is 11.9 Å². The van der Waals surface area contributed by atoms with Crippen molar-refractivity contribution in [3.63, 3.8) is 0 Å². The maximum absolute atomic E-state index is 6.12. The van der Waals surface area contributed by atoms with Crippen LogP contribution >= 0.6 is 0 Å². The fraction of sp³-hybridized carbons (Fsp3) is 0.625. The molecule has 1 aromatic rings. The van der Waals surface area contributed by atoms with Crippen LogP contribution in [-0.4, -0.2) is 23.9 Å². The highest BCUT2D eigenvalue weighted by atomic mass is 16.5. The number of hydrogen-bond donors (Lipinski definition) is 1. The van der Waals surface area contributed by atoms with E-state index < -0.39 is 0 Å². The maximum atomic E-state index is 6.12. The molecule has 1 unspecified atom stereocenters. The van der Waals surface area contributed by atoms with Gasteiger partial charge in [-0.3, -0.25) is 0 Å². The molecule has 2 rings (SSSR count). The Morgan fingerprint density at radius 3 is 2.53 bits per heavy atom. The van der Waals surface area contributed by atoms with E-state index in [1.807, 2.05) is 25.1 Å². The van der Waals surface area contributed by atoms with E-state index in [4.69, 9.17) is 9.47 Å². The van der Waals surface area contributed by atoms with Crippen LogP contribution in [0.3, 0.4) is 0 Å². The molecule has 1 aromatic carbocycles. The van der Waals surface area contributed by atoms with E-state index in [0.29, 0.717) is 6.61 Å². The standard InChI is InChI=1S/C16H25NO2/c1-6-18-13-10-8-7-9-12(13)17-14-11-15(2,3)19-16(14,4)5/h7-10,14,17H,6,11H2,1-5H3. The van der Waals surface area contributed by atoms with Gasteiger partial charge in [0.1, 0.15) is 5.75 Å². The van der Waals surface area contributed by atoms with Crippen molar-refractivity contribution in [2.45, 2.75) is 58.3 Å². The highest BCUT2D eigenvalue weighted by Crippen LogP contribution is 2.40. The number of rotatable bonds is 4. The molecule has 0 aliphatic carbocycles. The molecule has 1 aliphatic rings. The van der Waals surface area contributed by atoms with E-state index in [1.54, 1.807) is 0 Å². The summed E-state index contributed by atoms with van der Waals surface area (Å²) >= 11 is 0. The summed E-state index contributed by atoms with van der Waals surface area (Å²) in [7, 11) is 0. The van der Waals surface area contributed by atoms with E-state index >= 15 is 0 Å². The van der Waals surface area contributed by atoms with Crippen LogP contribution in [0.4, 0.5) is 5.69 Å². The Hall–Kier alpha value is -1.22. The molecule has 1 heterocycles. The Morgan fingerprint density at radius 1 is 1.26 bits per heavy atom. The molecule has 106 valence electrons. The van der Waals surface area contributed by atoms with Gasteiger partial charge in [-0.2, -0.15) is 0 Å². The average Bonchev–Trinajstić information content (AvgIpc) is 2.50. The van der Waals surface area contributed by atoms with Crippen molar-refractivity contribution in [1.29, 1.82) is 0 Å². The second kappa shape index (κ2) is 5.04. The first kappa shape index (κ1) is 14.2. The van der Waals surface area contributed by atoms with Gasteiger partial charge in [0.15, 0.2) is 0 Å². The number of anilines is 1. The Balaban J connectivity index is 2.17. The first-order chi connectivity index (χ1) is 8.84. The number of para-hydroxylation sites is 2. The van der Waals surface area contributed by atoms with Crippen molar-refractivity contribution >= 4 is 5.69 Å². The molecule has 0 radical (unpaired) electrons. The molecular formula is C16H25NO2. The molecule has 1 aliphatic heterocycles. The minimum atomic E-state index is -0.178. The Kier molecular flexibility index (Phi) is 3.77. The maximum Gasteiger partial charge on any atom is 0.142 e. The minimum Gasteiger partial charge on any atom is -0.492 e. The van der Waals surface area contributed by atoms with Crippen LogP contribution in [0.15, 0.2) is 24.3 Å². The molecule has 0 spiro atoms. The van der Waals surface area contributed by atoms with Gasteiger partial charge in [0.25, 0.3) is 0 Å². The van der Waals surface area contributed by atoms with E-state index in [2.05, 4.69) is 39.1 Å². The van der Waals surface area contributed by atoms with Crippen LogP contribution in [0, 0.1) is 0 Å². The molecule has 1 saturated heterocycles. The third-order valence-corrected chi connectivity index (χ3v) is 3.59. The lowest BCUT2D eigenvalue weighted by Gasteiger charge is -2.28. The molecule has 0 saturated carbocycles. The van der Waals surface area contributed by atoms with Crippen molar-refractivity contribution < 1.29 is 9.47 Å². The zero-order valence-electron chi connectivity index (χ0n) is 12.6. The number of nitrogens with one attached hydrogen (secondary N) is 1. The summed E-state index contributed by atoms with van der Waals surface area (Å²) in [4.78, 5) is 0. The van der Waals surface area contributed by atoms with Crippen LogP contribution in [-0.2, 0) is 4.74 Å². The van der Waals surface area contributed by atoms with Gasteiger partial charge < -0.3 is 14.8 Å². The zero-order valence-corrected chi connectivity index (χ0v) is 12.6. The van der Waals surface area contributed by atoms with E-state index in [-0.39, 0.29) is 17.2 Å². The predicted octanol–water partition coefficient (Wildman–Crippen LogP) is 3.84. The van der Waals surface area contributed by atoms with Gasteiger partial charge in [0.05, 0.1) is 29.5 Å². The summed E-state index contributed by atoms with van der Waals surface area (Å²) in [6, 6.07) is 8.37. The van der Waals surface area contributed by atoms with E-state index in [1.165, 1.54) is 0 Å².